The van der Waals surface area contributed by atoms with Gasteiger partial charge in [-0.1, -0.05) is 58.8 Å². The van der Waals surface area contributed by atoms with Gasteiger partial charge in [-0.25, -0.2) is 4.68 Å². The fourth-order valence-electron chi connectivity index (χ4n) is 2.33. The molecule has 1 heterocycles. The number of carbonyl (C=O) groups is 1. The van der Waals surface area contributed by atoms with Crippen molar-refractivity contribution in [2.24, 2.45) is 0 Å². The molecule has 3 aromatic rings. The van der Waals surface area contributed by atoms with Crippen LogP contribution in [0, 0.1) is 6.92 Å². The molecule has 0 fully saturated rings. The number of aryl methyl sites for hydroxylation is 1. The highest BCUT2D eigenvalue weighted by Crippen LogP contribution is 2.23. The summed E-state index contributed by atoms with van der Waals surface area (Å²) in [6, 6.07) is 15.5. The molecule has 3 rings (SSSR count). The van der Waals surface area contributed by atoms with Crippen LogP contribution in [0.15, 0.2) is 48.5 Å². The van der Waals surface area contributed by atoms with E-state index in [-0.39, 0.29) is 0 Å². The number of hydrogen-bond donors (Lipinski definition) is 0. The minimum absolute atomic E-state index is 0.339. The number of rotatable bonds is 4. The Morgan fingerprint density at radius 2 is 1.95 bits per heavy atom. The Balaban J connectivity index is 2.03. The molecule has 0 atom stereocenters. The van der Waals surface area contributed by atoms with Gasteiger partial charge in [-0.15, -0.1) is 5.10 Å². The van der Waals surface area contributed by atoms with E-state index in [2.05, 4.69) is 10.3 Å². The standard InChI is InChI=1S/C17H14ClN3O/c1-12-5-7-14(8-6-12)17-16(11-22)19-20-21(17)10-13-3-2-4-15(18)9-13/h2-9,11H,10H2,1H3. The summed E-state index contributed by atoms with van der Waals surface area (Å²) < 4.78 is 1.72. The van der Waals surface area contributed by atoms with E-state index in [0.717, 1.165) is 28.7 Å². The monoisotopic (exact) mass is 311 g/mol. The lowest BCUT2D eigenvalue weighted by atomic mass is 10.1. The molecule has 0 saturated carbocycles. The highest BCUT2D eigenvalue weighted by Gasteiger charge is 2.14. The SMILES string of the molecule is Cc1ccc(-c2c(C=O)nnn2Cc2cccc(Cl)c2)cc1. The first-order valence-electron chi connectivity index (χ1n) is 6.87. The Morgan fingerprint density at radius 3 is 2.64 bits per heavy atom. The van der Waals surface area contributed by atoms with Crippen LogP contribution in [0.4, 0.5) is 0 Å². The van der Waals surface area contributed by atoms with Gasteiger partial charge in [0, 0.05) is 10.6 Å². The van der Waals surface area contributed by atoms with Crippen molar-refractivity contribution in [2.75, 3.05) is 0 Å². The maximum atomic E-state index is 11.3. The number of nitrogens with zero attached hydrogens (tertiary/aromatic N) is 3. The Kier molecular flexibility index (Phi) is 4.02. The fraction of sp³-hybridized carbons (Fsp3) is 0.118. The van der Waals surface area contributed by atoms with E-state index >= 15 is 0 Å². The Morgan fingerprint density at radius 1 is 1.18 bits per heavy atom. The van der Waals surface area contributed by atoms with E-state index in [1.807, 2.05) is 55.5 Å². The zero-order valence-electron chi connectivity index (χ0n) is 12.0. The van der Waals surface area contributed by atoms with E-state index in [0.29, 0.717) is 17.3 Å². The first-order valence-corrected chi connectivity index (χ1v) is 7.25. The number of carbonyl (C=O) groups excluding carboxylic acids is 1. The molecular formula is C17H14ClN3O. The summed E-state index contributed by atoms with van der Waals surface area (Å²) in [6.07, 6.45) is 0.733. The number of aldehydes is 1. The average Bonchev–Trinajstić information content (AvgIpc) is 2.91. The highest BCUT2D eigenvalue weighted by molar-refractivity contribution is 6.30. The van der Waals surface area contributed by atoms with Crippen LogP contribution in [0.1, 0.15) is 21.6 Å². The lowest BCUT2D eigenvalue weighted by Gasteiger charge is -2.08. The van der Waals surface area contributed by atoms with Crippen LogP contribution in [0.3, 0.4) is 0 Å². The fourth-order valence-corrected chi connectivity index (χ4v) is 2.55. The number of aromatic nitrogens is 3. The van der Waals surface area contributed by atoms with Crippen LogP contribution >= 0.6 is 11.6 Å². The van der Waals surface area contributed by atoms with Crippen LogP contribution in [-0.4, -0.2) is 21.3 Å². The van der Waals surface area contributed by atoms with E-state index in [9.17, 15) is 4.79 Å². The summed E-state index contributed by atoms with van der Waals surface area (Å²) in [5, 5.41) is 8.74. The molecule has 0 aliphatic rings. The molecule has 4 nitrogen and oxygen atoms in total. The molecule has 0 spiro atoms. The minimum atomic E-state index is 0.339. The Labute approximate surface area is 133 Å². The largest absolute Gasteiger partial charge is 0.296 e. The van der Waals surface area contributed by atoms with Gasteiger partial charge in [-0.05, 0) is 24.6 Å². The quantitative estimate of drug-likeness (QED) is 0.689. The molecule has 0 N–H and O–H groups in total. The molecule has 2 aromatic carbocycles. The van der Waals surface area contributed by atoms with Crippen LogP contribution in [0.25, 0.3) is 11.3 Å². The van der Waals surface area contributed by atoms with Gasteiger partial charge >= 0.3 is 0 Å². The number of hydrogen-bond acceptors (Lipinski definition) is 3. The van der Waals surface area contributed by atoms with Crippen molar-refractivity contribution < 1.29 is 4.79 Å². The van der Waals surface area contributed by atoms with Crippen LogP contribution in [0.2, 0.25) is 5.02 Å². The zero-order valence-corrected chi connectivity index (χ0v) is 12.8. The third-order valence-electron chi connectivity index (χ3n) is 3.42. The van der Waals surface area contributed by atoms with E-state index in [4.69, 9.17) is 11.6 Å². The van der Waals surface area contributed by atoms with Gasteiger partial charge in [0.1, 0.15) is 0 Å². The highest BCUT2D eigenvalue weighted by atomic mass is 35.5. The van der Waals surface area contributed by atoms with E-state index < -0.39 is 0 Å². The third kappa shape index (κ3) is 2.92. The number of halogens is 1. The predicted molar refractivity (Wildman–Crippen MR) is 86.1 cm³/mol. The molecule has 1 aromatic heterocycles. The van der Waals surface area contributed by atoms with Crippen molar-refractivity contribution in [3.05, 3.63) is 70.4 Å². The van der Waals surface area contributed by atoms with Crippen molar-refractivity contribution in [3.63, 3.8) is 0 Å². The van der Waals surface area contributed by atoms with Crippen molar-refractivity contribution in [3.8, 4) is 11.3 Å². The Hall–Kier alpha value is -2.46. The van der Waals surface area contributed by atoms with Crippen molar-refractivity contribution in [1.29, 1.82) is 0 Å². The first-order chi connectivity index (χ1) is 10.7. The molecule has 0 aliphatic carbocycles. The van der Waals surface area contributed by atoms with E-state index in [1.54, 1.807) is 4.68 Å². The first kappa shape index (κ1) is 14.5. The molecule has 22 heavy (non-hydrogen) atoms. The summed E-state index contributed by atoms with van der Waals surface area (Å²) in [5.74, 6) is 0. The maximum Gasteiger partial charge on any atom is 0.172 e. The number of benzene rings is 2. The molecule has 0 unspecified atom stereocenters. The summed E-state index contributed by atoms with van der Waals surface area (Å²) in [4.78, 5) is 11.3. The Bertz CT molecular complexity index is 809. The normalized spacial score (nSPS) is 10.6. The zero-order chi connectivity index (χ0) is 15.5. The topological polar surface area (TPSA) is 47.8 Å². The van der Waals surface area contributed by atoms with Gasteiger partial charge in [-0.2, -0.15) is 0 Å². The van der Waals surface area contributed by atoms with Crippen molar-refractivity contribution >= 4 is 17.9 Å². The van der Waals surface area contributed by atoms with Crippen molar-refractivity contribution in [2.45, 2.75) is 13.5 Å². The summed E-state index contributed by atoms with van der Waals surface area (Å²) >= 11 is 6.02. The lowest BCUT2D eigenvalue weighted by Crippen LogP contribution is -2.04. The average molecular weight is 312 g/mol. The molecule has 0 saturated heterocycles. The van der Waals surface area contributed by atoms with Crippen LogP contribution in [-0.2, 0) is 6.54 Å². The second kappa shape index (κ2) is 6.12. The molecule has 0 amide bonds. The van der Waals surface area contributed by atoms with Gasteiger partial charge < -0.3 is 0 Å². The second-order valence-electron chi connectivity index (χ2n) is 5.09. The van der Waals surface area contributed by atoms with Gasteiger partial charge in [0.05, 0.1) is 12.2 Å². The third-order valence-corrected chi connectivity index (χ3v) is 3.65. The predicted octanol–water partition coefficient (Wildman–Crippen LogP) is 3.77. The van der Waals surface area contributed by atoms with Crippen LogP contribution in [0.5, 0.6) is 0 Å². The van der Waals surface area contributed by atoms with Crippen molar-refractivity contribution in [1.82, 2.24) is 15.0 Å². The van der Waals surface area contributed by atoms with E-state index in [1.165, 1.54) is 0 Å². The molecule has 110 valence electrons. The second-order valence-corrected chi connectivity index (χ2v) is 5.53. The van der Waals surface area contributed by atoms with Gasteiger partial charge in [-0.3, -0.25) is 4.79 Å². The molecular weight excluding hydrogens is 298 g/mol. The van der Waals surface area contributed by atoms with Gasteiger partial charge in [0.25, 0.3) is 0 Å². The minimum Gasteiger partial charge on any atom is -0.296 e. The smallest absolute Gasteiger partial charge is 0.172 e. The molecule has 0 bridgehead atoms. The van der Waals surface area contributed by atoms with Gasteiger partial charge in [0.2, 0.25) is 0 Å². The summed E-state index contributed by atoms with van der Waals surface area (Å²) in [6.45, 7) is 2.52. The molecule has 0 aliphatic heterocycles. The molecule has 0 radical (unpaired) electrons. The summed E-state index contributed by atoms with van der Waals surface area (Å²) in [7, 11) is 0. The maximum absolute atomic E-state index is 11.3. The van der Waals surface area contributed by atoms with Gasteiger partial charge in [0.15, 0.2) is 12.0 Å². The lowest BCUT2D eigenvalue weighted by molar-refractivity contribution is 0.111. The summed E-state index contributed by atoms with van der Waals surface area (Å²) in [5.41, 5.74) is 4.13. The van der Waals surface area contributed by atoms with Crippen LogP contribution < -0.4 is 0 Å². The molecule has 5 heteroatoms.